The van der Waals surface area contributed by atoms with Gasteiger partial charge in [0.25, 0.3) is 0 Å². The molecule has 0 bridgehead atoms. The first-order chi connectivity index (χ1) is 5.65. The molecule has 2 unspecified atom stereocenters. The van der Waals surface area contributed by atoms with Crippen LogP contribution in [0.5, 0.6) is 0 Å². The first-order valence-corrected chi connectivity index (χ1v) is 3.76. The van der Waals surface area contributed by atoms with Crippen LogP contribution in [0.1, 0.15) is 37.8 Å². The second-order valence-corrected chi connectivity index (χ2v) is 2.65. The summed E-state index contributed by atoms with van der Waals surface area (Å²) in [5, 5.41) is 7.55. The average Bonchev–Trinajstić information content (AvgIpc) is 2.51. The summed E-state index contributed by atoms with van der Waals surface area (Å²) in [5.74, 6) is 0.902. The molecule has 68 valence electrons. The van der Waals surface area contributed by atoms with Crippen LogP contribution < -0.4 is 5.73 Å². The molecule has 2 atom stereocenters. The Labute approximate surface area is 70.9 Å². The van der Waals surface area contributed by atoms with Crippen LogP contribution in [-0.2, 0) is 4.74 Å². The quantitative estimate of drug-likeness (QED) is 0.728. The van der Waals surface area contributed by atoms with Crippen molar-refractivity contribution in [1.82, 2.24) is 10.2 Å². The van der Waals surface area contributed by atoms with Crippen LogP contribution >= 0.6 is 0 Å². The fraction of sp³-hybridized carbons (Fsp3) is 0.714. The van der Waals surface area contributed by atoms with E-state index in [1.54, 1.807) is 14.0 Å². The Kier molecular flexibility index (Phi) is 2.78. The number of aromatic nitrogens is 2. The number of ether oxygens (including phenoxy) is 1. The van der Waals surface area contributed by atoms with Crippen molar-refractivity contribution in [3.05, 3.63) is 11.8 Å². The Morgan fingerprint density at radius 3 is 2.33 bits per heavy atom. The third-order valence-electron chi connectivity index (χ3n) is 1.55. The second kappa shape index (κ2) is 3.64. The zero-order valence-electron chi connectivity index (χ0n) is 7.44. The van der Waals surface area contributed by atoms with E-state index in [9.17, 15) is 0 Å². The summed E-state index contributed by atoms with van der Waals surface area (Å²) in [7, 11) is 1.58. The van der Waals surface area contributed by atoms with E-state index in [0.29, 0.717) is 11.8 Å². The zero-order valence-corrected chi connectivity index (χ0v) is 7.44. The van der Waals surface area contributed by atoms with Gasteiger partial charge in [0.2, 0.25) is 11.8 Å². The fourth-order valence-corrected chi connectivity index (χ4v) is 0.696. The minimum Gasteiger partial charge on any atom is -0.421 e. The zero-order chi connectivity index (χ0) is 9.14. The number of hydrogen-bond donors (Lipinski definition) is 1. The van der Waals surface area contributed by atoms with Crippen LogP contribution in [0.3, 0.4) is 0 Å². The monoisotopic (exact) mass is 171 g/mol. The lowest BCUT2D eigenvalue weighted by molar-refractivity contribution is 0.0932. The maximum absolute atomic E-state index is 5.53. The maximum Gasteiger partial charge on any atom is 0.244 e. The molecule has 1 heterocycles. The van der Waals surface area contributed by atoms with Crippen LogP contribution in [0.4, 0.5) is 0 Å². The van der Waals surface area contributed by atoms with Gasteiger partial charge in [-0.2, -0.15) is 0 Å². The Morgan fingerprint density at radius 2 is 1.92 bits per heavy atom. The molecule has 1 rings (SSSR count). The van der Waals surface area contributed by atoms with Gasteiger partial charge in [-0.15, -0.1) is 10.2 Å². The van der Waals surface area contributed by atoms with Crippen molar-refractivity contribution in [2.45, 2.75) is 26.0 Å². The molecule has 0 fully saturated rings. The van der Waals surface area contributed by atoms with Crippen LogP contribution in [0.2, 0.25) is 0 Å². The molecule has 5 heteroatoms. The number of nitrogens with zero attached hydrogens (tertiary/aromatic N) is 2. The smallest absolute Gasteiger partial charge is 0.244 e. The SMILES string of the molecule is COC(C)c1nnc(C(C)N)o1. The summed E-state index contributed by atoms with van der Waals surface area (Å²) >= 11 is 0. The van der Waals surface area contributed by atoms with E-state index in [2.05, 4.69) is 10.2 Å². The number of methoxy groups -OCH3 is 1. The lowest BCUT2D eigenvalue weighted by atomic mass is 10.4. The molecule has 0 aliphatic carbocycles. The highest BCUT2D eigenvalue weighted by Gasteiger charge is 2.14. The molecule has 0 aliphatic rings. The van der Waals surface area contributed by atoms with Crippen LogP contribution in [0.25, 0.3) is 0 Å². The molecular weight excluding hydrogens is 158 g/mol. The molecule has 2 N–H and O–H groups in total. The molecule has 0 saturated heterocycles. The van der Waals surface area contributed by atoms with Gasteiger partial charge >= 0.3 is 0 Å². The van der Waals surface area contributed by atoms with Gasteiger partial charge in [-0.3, -0.25) is 0 Å². The minimum atomic E-state index is -0.227. The summed E-state index contributed by atoms with van der Waals surface area (Å²) in [4.78, 5) is 0. The molecule has 0 aromatic carbocycles. The lowest BCUT2D eigenvalue weighted by Gasteiger charge is -2.02. The van der Waals surface area contributed by atoms with Crippen molar-refractivity contribution < 1.29 is 9.15 Å². The lowest BCUT2D eigenvalue weighted by Crippen LogP contribution is -2.04. The number of hydrogen-bond acceptors (Lipinski definition) is 5. The van der Waals surface area contributed by atoms with E-state index < -0.39 is 0 Å². The Balaban J connectivity index is 2.77. The molecule has 0 amide bonds. The summed E-state index contributed by atoms with van der Waals surface area (Å²) in [6, 6.07) is -0.227. The van der Waals surface area contributed by atoms with Gasteiger partial charge in [-0.1, -0.05) is 0 Å². The molecule has 12 heavy (non-hydrogen) atoms. The Hall–Kier alpha value is -0.940. The molecular formula is C7H13N3O2. The van der Waals surface area contributed by atoms with E-state index in [-0.39, 0.29) is 12.1 Å². The second-order valence-electron chi connectivity index (χ2n) is 2.65. The predicted octanol–water partition coefficient (Wildman–Crippen LogP) is 0.797. The first kappa shape index (κ1) is 9.15. The highest BCUT2D eigenvalue weighted by molar-refractivity contribution is 4.88. The standard InChI is InChI=1S/C7H13N3O2/c1-4(8)6-9-10-7(12-6)5(2)11-3/h4-5H,8H2,1-3H3. The normalized spacial score (nSPS) is 16.0. The van der Waals surface area contributed by atoms with Gasteiger partial charge in [-0.05, 0) is 13.8 Å². The van der Waals surface area contributed by atoms with Gasteiger partial charge in [0.1, 0.15) is 6.10 Å². The van der Waals surface area contributed by atoms with Crippen molar-refractivity contribution >= 4 is 0 Å². The molecule has 1 aromatic rings. The van der Waals surface area contributed by atoms with Crippen LogP contribution in [0.15, 0.2) is 4.42 Å². The third-order valence-corrected chi connectivity index (χ3v) is 1.55. The predicted molar refractivity (Wildman–Crippen MR) is 42.3 cm³/mol. The maximum atomic E-state index is 5.53. The number of nitrogens with two attached hydrogens (primary N) is 1. The van der Waals surface area contributed by atoms with Gasteiger partial charge in [0, 0.05) is 7.11 Å². The van der Waals surface area contributed by atoms with E-state index in [4.69, 9.17) is 14.9 Å². The molecule has 5 nitrogen and oxygen atoms in total. The molecule has 0 saturated carbocycles. The van der Waals surface area contributed by atoms with Gasteiger partial charge in [0.05, 0.1) is 6.04 Å². The summed E-state index contributed by atoms with van der Waals surface area (Å²) in [5.41, 5.74) is 5.53. The minimum absolute atomic E-state index is 0.176. The molecule has 0 spiro atoms. The molecule has 0 aliphatic heterocycles. The number of rotatable bonds is 3. The van der Waals surface area contributed by atoms with Crippen LogP contribution in [0, 0.1) is 0 Å². The first-order valence-electron chi connectivity index (χ1n) is 3.76. The molecule has 0 radical (unpaired) electrons. The topological polar surface area (TPSA) is 74.2 Å². The van der Waals surface area contributed by atoms with Gasteiger partial charge in [-0.25, -0.2) is 0 Å². The highest BCUT2D eigenvalue weighted by Crippen LogP contribution is 2.15. The molecule has 1 aromatic heterocycles. The third kappa shape index (κ3) is 1.80. The average molecular weight is 171 g/mol. The Bertz CT molecular complexity index is 247. The van der Waals surface area contributed by atoms with E-state index >= 15 is 0 Å². The van der Waals surface area contributed by atoms with E-state index in [1.165, 1.54) is 0 Å². The fourth-order valence-electron chi connectivity index (χ4n) is 0.696. The van der Waals surface area contributed by atoms with Crippen molar-refractivity contribution in [3.8, 4) is 0 Å². The Morgan fingerprint density at radius 1 is 1.33 bits per heavy atom. The van der Waals surface area contributed by atoms with Gasteiger partial charge in [0.15, 0.2) is 0 Å². The van der Waals surface area contributed by atoms with Crippen molar-refractivity contribution in [2.24, 2.45) is 5.73 Å². The van der Waals surface area contributed by atoms with E-state index in [1.807, 2.05) is 6.92 Å². The summed E-state index contributed by atoms with van der Waals surface area (Å²) in [6.07, 6.45) is -0.176. The highest BCUT2D eigenvalue weighted by atomic mass is 16.5. The van der Waals surface area contributed by atoms with Crippen molar-refractivity contribution in [2.75, 3.05) is 7.11 Å². The van der Waals surface area contributed by atoms with Crippen molar-refractivity contribution in [1.29, 1.82) is 0 Å². The van der Waals surface area contributed by atoms with Crippen molar-refractivity contribution in [3.63, 3.8) is 0 Å². The summed E-state index contributed by atoms with van der Waals surface area (Å²) < 4.78 is 10.2. The largest absolute Gasteiger partial charge is 0.421 e. The van der Waals surface area contributed by atoms with Gasteiger partial charge < -0.3 is 14.9 Å². The van der Waals surface area contributed by atoms with E-state index in [0.717, 1.165) is 0 Å². The van der Waals surface area contributed by atoms with Crippen LogP contribution in [-0.4, -0.2) is 17.3 Å². The summed E-state index contributed by atoms with van der Waals surface area (Å²) in [6.45, 7) is 3.62.